The lowest BCUT2D eigenvalue weighted by Gasteiger charge is -2.08. The Labute approximate surface area is 134 Å². The molecule has 22 heavy (non-hydrogen) atoms. The van der Waals surface area contributed by atoms with Gasteiger partial charge in [-0.1, -0.05) is 24.3 Å². The molecule has 0 fully saturated rings. The van der Waals surface area contributed by atoms with Crippen LogP contribution >= 0.6 is 11.8 Å². The molecule has 0 unspecified atom stereocenters. The van der Waals surface area contributed by atoms with Crippen molar-refractivity contribution in [2.45, 2.75) is 11.4 Å². The first-order valence-electron chi connectivity index (χ1n) is 7.07. The van der Waals surface area contributed by atoms with E-state index >= 15 is 0 Å². The summed E-state index contributed by atoms with van der Waals surface area (Å²) >= 11 is 1.71. The lowest BCUT2D eigenvalue weighted by molar-refractivity contribution is 0.0950. The summed E-state index contributed by atoms with van der Waals surface area (Å²) in [6, 6.07) is 14.3. The molecule has 0 aliphatic heterocycles. The van der Waals surface area contributed by atoms with E-state index in [1.807, 2.05) is 6.26 Å². The normalized spacial score (nSPS) is 10.5. The van der Waals surface area contributed by atoms with Gasteiger partial charge >= 0.3 is 0 Å². The number of thioether (sulfide) groups is 1. The van der Waals surface area contributed by atoms with Gasteiger partial charge in [-0.05, 0) is 36.1 Å². The Morgan fingerprint density at radius 3 is 2.50 bits per heavy atom. The fourth-order valence-electron chi connectivity index (χ4n) is 1.98. The van der Waals surface area contributed by atoms with Crippen LogP contribution in [0.1, 0.15) is 15.9 Å². The van der Waals surface area contributed by atoms with E-state index in [0.29, 0.717) is 13.1 Å². The van der Waals surface area contributed by atoms with Gasteiger partial charge in [-0.2, -0.15) is 0 Å². The van der Waals surface area contributed by atoms with Gasteiger partial charge in [0.15, 0.2) is 0 Å². The highest BCUT2D eigenvalue weighted by Crippen LogP contribution is 2.14. The van der Waals surface area contributed by atoms with E-state index in [1.54, 1.807) is 23.9 Å². The number of carbonyl (C=O) groups excluding carboxylic acids is 1. The number of amides is 1. The molecule has 0 bridgehead atoms. The Morgan fingerprint density at radius 1 is 1.09 bits per heavy atom. The summed E-state index contributed by atoms with van der Waals surface area (Å²) in [4.78, 5) is 13.0. The average Bonchev–Trinajstić information content (AvgIpc) is 2.55. The van der Waals surface area contributed by atoms with Crippen molar-refractivity contribution >= 4 is 17.7 Å². The van der Waals surface area contributed by atoms with E-state index in [9.17, 15) is 9.18 Å². The molecule has 0 aliphatic rings. The second-order valence-electron chi connectivity index (χ2n) is 4.76. The second-order valence-corrected chi connectivity index (χ2v) is 5.64. The zero-order chi connectivity index (χ0) is 15.8. The van der Waals surface area contributed by atoms with E-state index < -0.39 is 5.82 Å². The summed E-state index contributed by atoms with van der Waals surface area (Å²) < 4.78 is 13.4. The van der Waals surface area contributed by atoms with Crippen LogP contribution in [0.5, 0.6) is 0 Å². The van der Waals surface area contributed by atoms with Crippen LogP contribution in [0.3, 0.4) is 0 Å². The standard InChI is InChI=1S/C17H19FN2OS/c1-22-14-8-6-13(7-9-14)12-19-10-11-20-17(21)15-4-2-3-5-16(15)18/h2-9,19H,10-12H2,1H3,(H,20,21). The molecule has 3 nitrogen and oxygen atoms in total. The van der Waals surface area contributed by atoms with Crippen molar-refractivity contribution in [3.8, 4) is 0 Å². The first-order chi connectivity index (χ1) is 10.7. The van der Waals surface area contributed by atoms with E-state index in [0.717, 1.165) is 6.54 Å². The minimum absolute atomic E-state index is 0.0788. The average molecular weight is 318 g/mol. The van der Waals surface area contributed by atoms with E-state index in [1.165, 1.54) is 22.6 Å². The van der Waals surface area contributed by atoms with Gasteiger partial charge in [0.1, 0.15) is 5.82 Å². The molecule has 2 aromatic carbocycles. The predicted octanol–water partition coefficient (Wildman–Crippen LogP) is 3.07. The van der Waals surface area contributed by atoms with Crippen LogP contribution in [0, 0.1) is 5.82 Å². The molecule has 0 aliphatic carbocycles. The van der Waals surface area contributed by atoms with Crippen LogP contribution in [-0.2, 0) is 6.54 Å². The molecule has 0 spiro atoms. The highest BCUT2D eigenvalue weighted by Gasteiger charge is 2.09. The molecule has 2 rings (SSSR count). The molecular formula is C17H19FN2OS. The van der Waals surface area contributed by atoms with Crippen LogP contribution in [0.15, 0.2) is 53.4 Å². The minimum Gasteiger partial charge on any atom is -0.351 e. The van der Waals surface area contributed by atoms with Crippen molar-refractivity contribution in [1.82, 2.24) is 10.6 Å². The molecular weight excluding hydrogens is 299 g/mol. The van der Waals surface area contributed by atoms with Gasteiger partial charge in [-0.25, -0.2) is 4.39 Å². The number of hydrogen-bond acceptors (Lipinski definition) is 3. The number of rotatable bonds is 7. The molecule has 0 aromatic heterocycles. The minimum atomic E-state index is -0.498. The summed E-state index contributed by atoms with van der Waals surface area (Å²) in [7, 11) is 0. The fourth-order valence-corrected chi connectivity index (χ4v) is 2.39. The molecule has 0 radical (unpaired) electrons. The van der Waals surface area contributed by atoms with Crippen molar-refractivity contribution in [2.75, 3.05) is 19.3 Å². The van der Waals surface area contributed by atoms with Crippen molar-refractivity contribution < 1.29 is 9.18 Å². The fraction of sp³-hybridized carbons (Fsp3) is 0.235. The van der Waals surface area contributed by atoms with Gasteiger partial charge in [0.2, 0.25) is 0 Å². The maximum Gasteiger partial charge on any atom is 0.254 e. The highest BCUT2D eigenvalue weighted by molar-refractivity contribution is 7.98. The van der Waals surface area contributed by atoms with E-state index in [2.05, 4.69) is 34.9 Å². The van der Waals surface area contributed by atoms with Crippen molar-refractivity contribution in [1.29, 1.82) is 0 Å². The van der Waals surface area contributed by atoms with Crippen LogP contribution in [0.2, 0.25) is 0 Å². The predicted molar refractivity (Wildman–Crippen MR) is 88.7 cm³/mol. The van der Waals surface area contributed by atoms with Crippen molar-refractivity contribution in [3.63, 3.8) is 0 Å². The summed E-state index contributed by atoms with van der Waals surface area (Å²) in [5, 5.41) is 5.94. The van der Waals surface area contributed by atoms with Crippen LogP contribution in [0.25, 0.3) is 0 Å². The largest absolute Gasteiger partial charge is 0.351 e. The van der Waals surface area contributed by atoms with Gasteiger partial charge in [0.25, 0.3) is 5.91 Å². The molecule has 116 valence electrons. The third kappa shape index (κ3) is 4.86. The highest BCUT2D eigenvalue weighted by atomic mass is 32.2. The smallest absolute Gasteiger partial charge is 0.254 e. The lowest BCUT2D eigenvalue weighted by Crippen LogP contribution is -2.32. The van der Waals surface area contributed by atoms with Crippen LogP contribution in [0.4, 0.5) is 4.39 Å². The first-order valence-corrected chi connectivity index (χ1v) is 8.29. The van der Waals surface area contributed by atoms with Gasteiger partial charge in [0, 0.05) is 24.5 Å². The third-order valence-electron chi connectivity index (χ3n) is 3.19. The molecule has 0 saturated carbocycles. The van der Waals surface area contributed by atoms with Gasteiger partial charge < -0.3 is 10.6 Å². The maximum atomic E-state index is 13.4. The van der Waals surface area contributed by atoms with Gasteiger partial charge in [-0.15, -0.1) is 11.8 Å². The number of carbonyl (C=O) groups is 1. The maximum absolute atomic E-state index is 13.4. The summed E-state index contributed by atoms with van der Waals surface area (Å²) in [6.07, 6.45) is 2.05. The van der Waals surface area contributed by atoms with Gasteiger partial charge in [-0.3, -0.25) is 4.79 Å². The zero-order valence-corrected chi connectivity index (χ0v) is 13.3. The van der Waals surface area contributed by atoms with E-state index in [-0.39, 0.29) is 11.5 Å². The topological polar surface area (TPSA) is 41.1 Å². The molecule has 1 amide bonds. The lowest BCUT2D eigenvalue weighted by atomic mass is 10.2. The van der Waals surface area contributed by atoms with E-state index in [4.69, 9.17) is 0 Å². The number of hydrogen-bond donors (Lipinski definition) is 2. The molecule has 2 N–H and O–H groups in total. The van der Waals surface area contributed by atoms with Gasteiger partial charge in [0.05, 0.1) is 5.56 Å². The second kappa shape index (κ2) is 8.56. The Kier molecular flexibility index (Phi) is 6.43. The number of benzene rings is 2. The molecule has 0 atom stereocenters. The Balaban J connectivity index is 1.68. The molecule has 0 saturated heterocycles. The summed E-state index contributed by atoms with van der Waals surface area (Å²) in [5.41, 5.74) is 1.27. The van der Waals surface area contributed by atoms with Crippen molar-refractivity contribution in [2.24, 2.45) is 0 Å². The zero-order valence-electron chi connectivity index (χ0n) is 12.4. The van der Waals surface area contributed by atoms with Crippen LogP contribution < -0.4 is 10.6 Å². The Hall–Kier alpha value is -1.85. The SMILES string of the molecule is CSc1ccc(CNCCNC(=O)c2ccccc2F)cc1. The first kappa shape index (κ1) is 16.5. The Bertz CT molecular complexity index is 616. The Morgan fingerprint density at radius 2 is 1.82 bits per heavy atom. The molecule has 0 heterocycles. The molecule has 2 aromatic rings. The number of halogens is 1. The monoisotopic (exact) mass is 318 g/mol. The quantitative estimate of drug-likeness (QED) is 0.609. The van der Waals surface area contributed by atoms with Crippen molar-refractivity contribution in [3.05, 3.63) is 65.5 Å². The third-order valence-corrected chi connectivity index (χ3v) is 3.94. The summed E-state index contributed by atoms with van der Waals surface area (Å²) in [5.74, 6) is -0.883. The number of nitrogens with one attached hydrogen (secondary N) is 2. The molecule has 5 heteroatoms. The van der Waals surface area contributed by atoms with Crippen LogP contribution in [-0.4, -0.2) is 25.3 Å². The summed E-state index contributed by atoms with van der Waals surface area (Å²) in [6.45, 7) is 1.82.